The van der Waals surface area contributed by atoms with Gasteiger partial charge >= 0.3 is 0 Å². The minimum absolute atomic E-state index is 0.206. The lowest BCUT2D eigenvalue weighted by molar-refractivity contribution is -0.112. The number of carbonyl (C=O) groups is 2. The molecule has 0 aliphatic rings. The molecule has 2 aromatic heterocycles. The van der Waals surface area contributed by atoms with Crippen LogP contribution in [-0.4, -0.2) is 21.2 Å². The molecule has 0 bridgehead atoms. The van der Waals surface area contributed by atoms with Gasteiger partial charge in [-0.3, -0.25) is 9.59 Å². The van der Waals surface area contributed by atoms with Crippen molar-refractivity contribution in [3.8, 4) is 0 Å². The van der Waals surface area contributed by atoms with Gasteiger partial charge in [0.15, 0.2) is 11.6 Å². The minimum atomic E-state index is -0.942. The molecule has 5 rings (SSSR count). The number of hydrogen-bond donors (Lipinski definition) is 1. The van der Waals surface area contributed by atoms with E-state index in [1.807, 2.05) is 30.3 Å². The van der Waals surface area contributed by atoms with E-state index in [4.69, 9.17) is 0 Å². The Kier molecular flexibility index (Phi) is 5.14. The van der Waals surface area contributed by atoms with Crippen LogP contribution < -0.4 is 5.32 Å². The van der Waals surface area contributed by atoms with E-state index in [-0.39, 0.29) is 12.1 Å². The molecule has 0 aliphatic heterocycles. The number of anilines is 1. The quantitative estimate of drug-likeness (QED) is 0.296. The molecule has 0 atom stereocenters. The molecule has 7 heteroatoms. The predicted molar refractivity (Wildman–Crippen MR) is 122 cm³/mol. The van der Waals surface area contributed by atoms with E-state index in [0.29, 0.717) is 22.3 Å². The number of amides is 1. The first-order valence-electron chi connectivity index (χ1n) is 10.2. The average Bonchev–Trinajstić information content (AvgIpc) is 3.19. The summed E-state index contributed by atoms with van der Waals surface area (Å²) in [5.41, 5.74) is 1.44. The van der Waals surface area contributed by atoms with E-state index in [1.54, 1.807) is 41.2 Å². The maximum absolute atomic E-state index is 13.7. The number of fused-ring (bicyclic) bond motifs is 2. The number of pyridine rings is 1. The third kappa shape index (κ3) is 3.85. The highest BCUT2D eigenvalue weighted by Crippen LogP contribution is 2.25. The van der Waals surface area contributed by atoms with Crippen molar-refractivity contribution in [3.63, 3.8) is 0 Å². The van der Waals surface area contributed by atoms with Crippen LogP contribution >= 0.6 is 0 Å². The van der Waals surface area contributed by atoms with Gasteiger partial charge in [0.1, 0.15) is 5.82 Å². The summed E-state index contributed by atoms with van der Waals surface area (Å²) >= 11 is 0. The van der Waals surface area contributed by atoms with Crippen molar-refractivity contribution in [1.29, 1.82) is 0 Å². The second-order valence-electron chi connectivity index (χ2n) is 7.60. The van der Waals surface area contributed by atoms with Crippen molar-refractivity contribution >= 4 is 39.2 Å². The van der Waals surface area contributed by atoms with Crippen molar-refractivity contribution in [2.45, 2.75) is 6.54 Å². The Labute approximate surface area is 187 Å². The highest BCUT2D eigenvalue weighted by Gasteiger charge is 2.22. The van der Waals surface area contributed by atoms with Crippen LogP contribution in [0.5, 0.6) is 0 Å². The third-order valence-corrected chi connectivity index (χ3v) is 5.48. The monoisotopic (exact) mass is 441 g/mol. The van der Waals surface area contributed by atoms with Crippen LogP contribution in [0.4, 0.5) is 14.6 Å². The van der Waals surface area contributed by atoms with Gasteiger partial charge in [-0.1, -0.05) is 48.5 Å². The largest absolute Gasteiger partial charge is 0.342 e. The van der Waals surface area contributed by atoms with E-state index >= 15 is 0 Å². The van der Waals surface area contributed by atoms with Crippen LogP contribution in [-0.2, 0) is 11.3 Å². The zero-order chi connectivity index (χ0) is 22.9. The first-order chi connectivity index (χ1) is 16.0. The molecule has 1 amide bonds. The maximum Gasteiger partial charge on any atom is 0.298 e. The fourth-order valence-electron chi connectivity index (χ4n) is 3.90. The number of hydrogen-bond acceptors (Lipinski definition) is 3. The number of Topliss-reactive ketones (excluding diaryl/α,β-unsaturated/α-hetero) is 1. The Morgan fingerprint density at radius 2 is 1.64 bits per heavy atom. The van der Waals surface area contributed by atoms with E-state index in [9.17, 15) is 18.4 Å². The first-order valence-corrected chi connectivity index (χ1v) is 10.2. The lowest BCUT2D eigenvalue weighted by Crippen LogP contribution is -2.23. The summed E-state index contributed by atoms with van der Waals surface area (Å²) in [5.74, 6) is -3.09. The smallest absolute Gasteiger partial charge is 0.298 e. The number of aromatic nitrogens is 2. The van der Waals surface area contributed by atoms with Crippen LogP contribution in [0.2, 0.25) is 0 Å². The normalized spacial score (nSPS) is 11.1. The zero-order valence-electron chi connectivity index (χ0n) is 17.3. The molecule has 33 heavy (non-hydrogen) atoms. The highest BCUT2D eigenvalue weighted by molar-refractivity contribution is 6.48. The fourth-order valence-corrected chi connectivity index (χ4v) is 3.90. The number of benzene rings is 3. The Bertz CT molecular complexity index is 1540. The molecule has 0 fully saturated rings. The summed E-state index contributed by atoms with van der Waals surface area (Å²) in [5, 5.41) is 4.82. The molecule has 0 saturated carbocycles. The Hall–Kier alpha value is -4.39. The van der Waals surface area contributed by atoms with Gasteiger partial charge in [-0.25, -0.2) is 13.8 Å². The van der Waals surface area contributed by atoms with Gasteiger partial charge in [0.05, 0.1) is 5.56 Å². The van der Waals surface area contributed by atoms with Gasteiger partial charge in [-0.15, -0.1) is 0 Å². The summed E-state index contributed by atoms with van der Waals surface area (Å²) in [4.78, 5) is 30.2. The highest BCUT2D eigenvalue weighted by atomic mass is 19.2. The van der Waals surface area contributed by atoms with Gasteiger partial charge < -0.3 is 9.88 Å². The standard InChI is InChI=1S/C26H17F2N3O2/c27-21-10-9-16(13-22(21)28)14-31-15-20(19-7-3-4-8-23(19)31)24(32)26(33)30-25-18-6-2-1-5-17(18)11-12-29-25/h1-13,15H,14H2,(H,29,30,33). The first kappa shape index (κ1) is 20.5. The zero-order valence-corrected chi connectivity index (χ0v) is 17.3. The van der Waals surface area contributed by atoms with Gasteiger partial charge in [0.25, 0.3) is 11.7 Å². The summed E-state index contributed by atoms with van der Waals surface area (Å²) in [7, 11) is 0. The summed E-state index contributed by atoms with van der Waals surface area (Å²) in [6, 6.07) is 20.0. The summed E-state index contributed by atoms with van der Waals surface area (Å²) in [6.45, 7) is 0.206. The van der Waals surface area contributed by atoms with Crippen molar-refractivity contribution in [2.24, 2.45) is 0 Å². The van der Waals surface area contributed by atoms with E-state index < -0.39 is 23.3 Å². The molecule has 0 aliphatic carbocycles. The Morgan fingerprint density at radius 1 is 0.879 bits per heavy atom. The SMILES string of the molecule is O=C(Nc1nccc2ccccc12)C(=O)c1cn(Cc2ccc(F)c(F)c2)c2ccccc12. The van der Waals surface area contributed by atoms with E-state index in [1.165, 1.54) is 6.07 Å². The van der Waals surface area contributed by atoms with Crippen molar-refractivity contribution in [1.82, 2.24) is 9.55 Å². The van der Waals surface area contributed by atoms with E-state index in [2.05, 4.69) is 10.3 Å². The van der Waals surface area contributed by atoms with Crippen LogP contribution in [0, 0.1) is 11.6 Å². The molecule has 5 nitrogen and oxygen atoms in total. The van der Waals surface area contributed by atoms with Crippen molar-refractivity contribution in [3.05, 3.63) is 108 Å². The molecule has 0 radical (unpaired) electrons. The Balaban J connectivity index is 1.48. The second kappa shape index (κ2) is 8.27. The minimum Gasteiger partial charge on any atom is -0.342 e. The molecule has 0 spiro atoms. The van der Waals surface area contributed by atoms with Gasteiger partial charge in [-0.05, 0) is 35.2 Å². The van der Waals surface area contributed by atoms with Gasteiger partial charge in [-0.2, -0.15) is 0 Å². The number of carbonyl (C=O) groups excluding carboxylic acids is 2. The molecular formula is C26H17F2N3O2. The second-order valence-corrected chi connectivity index (χ2v) is 7.60. The van der Waals surface area contributed by atoms with Crippen LogP contribution in [0.3, 0.4) is 0 Å². The predicted octanol–water partition coefficient (Wildman–Crippen LogP) is 5.34. The number of nitrogens with zero attached hydrogens (tertiary/aromatic N) is 2. The van der Waals surface area contributed by atoms with Crippen molar-refractivity contribution < 1.29 is 18.4 Å². The topological polar surface area (TPSA) is 64.0 Å². The number of rotatable bonds is 5. The third-order valence-electron chi connectivity index (χ3n) is 5.48. The lowest BCUT2D eigenvalue weighted by atomic mass is 10.1. The molecule has 0 saturated heterocycles. The van der Waals surface area contributed by atoms with Crippen LogP contribution in [0.1, 0.15) is 15.9 Å². The number of halogens is 2. The van der Waals surface area contributed by atoms with Gasteiger partial charge in [0, 0.05) is 35.2 Å². The van der Waals surface area contributed by atoms with Crippen molar-refractivity contribution in [2.75, 3.05) is 5.32 Å². The molecule has 5 aromatic rings. The molecule has 0 unspecified atom stereocenters. The number of para-hydroxylation sites is 1. The molecular weight excluding hydrogens is 424 g/mol. The Morgan fingerprint density at radius 3 is 2.45 bits per heavy atom. The molecule has 162 valence electrons. The molecule has 2 heterocycles. The number of nitrogens with one attached hydrogen (secondary N) is 1. The van der Waals surface area contributed by atoms with Crippen LogP contribution in [0.25, 0.3) is 21.7 Å². The number of ketones is 1. The van der Waals surface area contributed by atoms with Gasteiger partial charge in [0.2, 0.25) is 0 Å². The lowest BCUT2D eigenvalue weighted by Gasteiger charge is -2.07. The molecule has 3 aromatic carbocycles. The summed E-state index contributed by atoms with van der Waals surface area (Å²) in [6.07, 6.45) is 3.13. The summed E-state index contributed by atoms with van der Waals surface area (Å²) < 4.78 is 28.7. The maximum atomic E-state index is 13.7. The average molecular weight is 441 g/mol. The van der Waals surface area contributed by atoms with Crippen LogP contribution in [0.15, 0.2) is 85.2 Å². The fraction of sp³-hybridized carbons (Fsp3) is 0.0385. The molecule has 1 N–H and O–H groups in total. The van der Waals surface area contributed by atoms with E-state index in [0.717, 1.165) is 22.9 Å².